The Labute approximate surface area is 131 Å². The van der Waals surface area contributed by atoms with E-state index in [-0.39, 0.29) is 0 Å². The molecule has 0 radical (unpaired) electrons. The van der Waals surface area contributed by atoms with Crippen LogP contribution in [-0.2, 0) is 13.1 Å². The lowest BCUT2D eigenvalue weighted by Crippen LogP contribution is -2.39. The van der Waals surface area contributed by atoms with Gasteiger partial charge in [0.05, 0.1) is 13.1 Å². The Balaban J connectivity index is 1.64. The lowest BCUT2D eigenvalue weighted by Gasteiger charge is -2.38. The first-order valence-corrected chi connectivity index (χ1v) is 8.09. The van der Waals surface area contributed by atoms with Crippen LogP contribution in [0.5, 0.6) is 0 Å². The molecule has 1 aliphatic rings. The minimum Gasteiger partial charge on any atom is -0.338 e. The van der Waals surface area contributed by atoms with Crippen LogP contribution in [-0.4, -0.2) is 28.1 Å². The zero-order valence-electron chi connectivity index (χ0n) is 13.1. The summed E-state index contributed by atoms with van der Waals surface area (Å²) in [6.45, 7) is 5.50. The van der Waals surface area contributed by atoms with Crippen LogP contribution in [0.3, 0.4) is 0 Å². The molecule has 2 atom stereocenters. The zero-order chi connectivity index (χ0) is 15.4. The van der Waals surface area contributed by atoms with E-state index in [2.05, 4.69) is 52.3 Å². The largest absolute Gasteiger partial charge is 0.338 e. The number of nitrogens with two attached hydrogens (primary N) is 1. The highest BCUT2D eigenvalue weighted by atomic mass is 16.5. The topological polar surface area (TPSA) is 68.2 Å². The summed E-state index contributed by atoms with van der Waals surface area (Å²) in [5, 5.41) is 4.00. The minimum atomic E-state index is 0.306. The first-order valence-electron chi connectivity index (χ1n) is 8.09. The predicted molar refractivity (Wildman–Crippen MR) is 85.0 cm³/mol. The number of aromatic nitrogens is 2. The highest BCUT2D eigenvalue weighted by Gasteiger charge is 2.29. The van der Waals surface area contributed by atoms with Crippen LogP contribution in [0.4, 0.5) is 0 Å². The summed E-state index contributed by atoms with van der Waals surface area (Å²) >= 11 is 0. The average molecular weight is 300 g/mol. The number of nitrogens with zero attached hydrogens (tertiary/aromatic N) is 3. The van der Waals surface area contributed by atoms with Crippen molar-refractivity contribution in [2.75, 3.05) is 13.1 Å². The molecular formula is C17H24N4O. The number of hydrogen-bond acceptors (Lipinski definition) is 5. The Bertz CT molecular complexity index is 583. The molecule has 0 aliphatic carbocycles. The Kier molecular flexibility index (Phi) is 4.85. The summed E-state index contributed by atoms with van der Waals surface area (Å²) in [4.78, 5) is 6.74. The predicted octanol–water partition coefficient (Wildman–Crippen LogP) is 2.54. The maximum absolute atomic E-state index is 5.51. The molecule has 1 aromatic heterocycles. The maximum Gasteiger partial charge on any atom is 0.240 e. The van der Waals surface area contributed by atoms with Crippen molar-refractivity contribution in [1.29, 1.82) is 0 Å². The molecule has 0 bridgehead atoms. The fraction of sp³-hybridized carbons (Fsp3) is 0.529. The van der Waals surface area contributed by atoms with Crippen LogP contribution < -0.4 is 5.73 Å². The van der Waals surface area contributed by atoms with Gasteiger partial charge in [-0.05, 0) is 30.4 Å². The van der Waals surface area contributed by atoms with Crippen molar-refractivity contribution in [3.63, 3.8) is 0 Å². The van der Waals surface area contributed by atoms with Crippen molar-refractivity contribution in [3.05, 3.63) is 47.6 Å². The number of hydrogen-bond donors (Lipinski definition) is 1. The molecule has 118 valence electrons. The van der Waals surface area contributed by atoms with Gasteiger partial charge in [-0.25, -0.2) is 0 Å². The van der Waals surface area contributed by atoms with Gasteiger partial charge in [0.2, 0.25) is 5.89 Å². The smallest absolute Gasteiger partial charge is 0.240 e. The fourth-order valence-corrected chi connectivity index (χ4v) is 3.44. The molecule has 1 fully saturated rings. The molecule has 0 saturated carbocycles. The molecule has 5 heteroatoms. The van der Waals surface area contributed by atoms with Gasteiger partial charge in [0.25, 0.3) is 0 Å². The van der Waals surface area contributed by atoms with Crippen molar-refractivity contribution in [1.82, 2.24) is 15.0 Å². The second-order valence-electron chi connectivity index (χ2n) is 6.02. The molecule has 2 heterocycles. The second-order valence-corrected chi connectivity index (χ2v) is 6.02. The zero-order valence-corrected chi connectivity index (χ0v) is 13.1. The Hall–Kier alpha value is -1.72. The van der Waals surface area contributed by atoms with E-state index < -0.39 is 0 Å². The highest BCUT2D eigenvalue weighted by Crippen LogP contribution is 2.35. The third-order valence-corrected chi connectivity index (χ3v) is 4.62. The summed E-state index contributed by atoms with van der Waals surface area (Å²) in [6.07, 6.45) is 2.38. The fourth-order valence-electron chi connectivity index (χ4n) is 3.44. The number of rotatable bonds is 5. The van der Waals surface area contributed by atoms with E-state index in [1.165, 1.54) is 18.4 Å². The molecule has 5 nitrogen and oxygen atoms in total. The highest BCUT2D eigenvalue weighted by molar-refractivity contribution is 5.21. The molecule has 1 saturated heterocycles. The summed E-state index contributed by atoms with van der Waals surface area (Å²) in [6, 6.07) is 10.9. The molecule has 0 amide bonds. The van der Waals surface area contributed by atoms with Crippen LogP contribution in [0.2, 0.25) is 0 Å². The molecule has 1 aliphatic heterocycles. The number of piperidine rings is 1. The van der Waals surface area contributed by atoms with Gasteiger partial charge in [-0.3, -0.25) is 4.90 Å². The van der Waals surface area contributed by atoms with Crippen LogP contribution in [0.25, 0.3) is 0 Å². The van der Waals surface area contributed by atoms with Crippen molar-refractivity contribution in [2.45, 2.75) is 38.8 Å². The Morgan fingerprint density at radius 2 is 2.14 bits per heavy atom. The van der Waals surface area contributed by atoms with E-state index in [0.29, 0.717) is 24.3 Å². The molecule has 3 rings (SSSR count). The first kappa shape index (κ1) is 15.2. The van der Waals surface area contributed by atoms with E-state index in [1.807, 2.05) is 0 Å². The van der Waals surface area contributed by atoms with Gasteiger partial charge >= 0.3 is 0 Å². The maximum atomic E-state index is 5.51. The summed E-state index contributed by atoms with van der Waals surface area (Å²) in [5.74, 6) is 2.60. The second kappa shape index (κ2) is 7.03. The summed E-state index contributed by atoms with van der Waals surface area (Å²) < 4.78 is 5.09. The quantitative estimate of drug-likeness (QED) is 0.919. The minimum absolute atomic E-state index is 0.306. The van der Waals surface area contributed by atoms with Gasteiger partial charge in [-0.15, -0.1) is 0 Å². The van der Waals surface area contributed by atoms with Gasteiger partial charge in [0.1, 0.15) is 0 Å². The van der Waals surface area contributed by atoms with Gasteiger partial charge in [0, 0.05) is 6.54 Å². The normalized spacial score (nSPS) is 22.8. The molecular weight excluding hydrogens is 276 g/mol. The number of benzene rings is 1. The third kappa shape index (κ3) is 3.36. The van der Waals surface area contributed by atoms with Crippen molar-refractivity contribution >= 4 is 0 Å². The van der Waals surface area contributed by atoms with Crippen LogP contribution in [0, 0.1) is 5.92 Å². The number of likely N-dealkylation sites (tertiary alicyclic amines) is 1. The van der Waals surface area contributed by atoms with E-state index in [1.54, 1.807) is 0 Å². The van der Waals surface area contributed by atoms with Gasteiger partial charge in [0.15, 0.2) is 5.82 Å². The van der Waals surface area contributed by atoms with Crippen LogP contribution >= 0.6 is 0 Å². The first-order chi connectivity index (χ1) is 10.8. The van der Waals surface area contributed by atoms with Crippen LogP contribution in [0.15, 0.2) is 34.9 Å². The molecule has 22 heavy (non-hydrogen) atoms. The SMILES string of the molecule is CCC1CN(Cc2noc(CN)n2)CCC1c1ccccc1. The average Bonchev–Trinajstić information content (AvgIpc) is 3.03. The third-order valence-electron chi connectivity index (χ3n) is 4.62. The van der Waals surface area contributed by atoms with E-state index in [9.17, 15) is 0 Å². The van der Waals surface area contributed by atoms with Gasteiger partial charge < -0.3 is 10.3 Å². The Morgan fingerprint density at radius 1 is 1.32 bits per heavy atom. The van der Waals surface area contributed by atoms with Crippen molar-refractivity contribution < 1.29 is 4.52 Å². The van der Waals surface area contributed by atoms with E-state index in [4.69, 9.17) is 10.3 Å². The van der Waals surface area contributed by atoms with Crippen molar-refractivity contribution in [2.24, 2.45) is 11.7 Å². The van der Waals surface area contributed by atoms with Crippen molar-refractivity contribution in [3.8, 4) is 0 Å². The molecule has 2 aromatic rings. The van der Waals surface area contributed by atoms with E-state index >= 15 is 0 Å². The Morgan fingerprint density at radius 3 is 2.82 bits per heavy atom. The summed E-state index contributed by atoms with van der Waals surface area (Å²) in [5.41, 5.74) is 6.98. The van der Waals surface area contributed by atoms with Crippen LogP contribution in [0.1, 0.15) is 43.0 Å². The standard InChI is InChI=1S/C17H24N4O/c1-2-13-11-21(12-16-19-17(10-18)22-20-16)9-8-15(13)14-6-4-3-5-7-14/h3-7,13,15H,2,8-12,18H2,1H3. The molecule has 0 spiro atoms. The molecule has 2 unspecified atom stereocenters. The van der Waals surface area contributed by atoms with Gasteiger partial charge in [-0.2, -0.15) is 4.98 Å². The lowest BCUT2D eigenvalue weighted by atomic mass is 9.79. The molecule has 2 N–H and O–H groups in total. The van der Waals surface area contributed by atoms with E-state index in [0.717, 1.165) is 25.5 Å². The lowest BCUT2D eigenvalue weighted by molar-refractivity contribution is 0.139. The molecule has 1 aromatic carbocycles. The van der Waals surface area contributed by atoms with Gasteiger partial charge in [-0.1, -0.05) is 48.8 Å². The monoisotopic (exact) mass is 300 g/mol. The summed E-state index contributed by atoms with van der Waals surface area (Å²) in [7, 11) is 0.